The quantitative estimate of drug-likeness (QED) is 0.461. The van der Waals surface area contributed by atoms with Gasteiger partial charge in [0.25, 0.3) is 0 Å². The highest BCUT2D eigenvalue weighted by Gasteiger charge is 1.97. The van der Waals surface area contributed by atoms with Gasteiger partial charge in [-0.3, -0.25) is 0 Å². The molecule has 0 fully saturated rings. The van der Waals surface area contributed by atoms with Crippen LogP contribution >= 0.6 is 0 Å². The molecule has 0 unspecified atom stereocenters. The van der Waals surface area contributed by atoms with E-state index in [9.17, 15) is 8.78 Å². The molecule has 5 heteroatoms. The molecule has 0 spiro atoms. The number of hydrogen-bond acceptors (Lipinski definition) is 1. The van der Waals surface area contributed by atoms with Gasteiger partial charge in [-0.2, -0.15) is 8.96 Å². The van der Waals surface area contributed by atoms with Crippen LogP contribution in [0, 0.1) is 18.8 Å². The summed E-state index contributed by atoms with van der Waals surface area (Å²) >= 11 is 0. The number of halogens is 2. The van der Waals surface area contributed by atoms with Crippen molar-refractivity contribution in [2.75, 3.05) is 0 Å². The van der Waals surface area contributed by atoms with E-state index in [4.69, 9.17) is 0 Å². The molecule has 3 heterocycles. The first-order valence-electron chi connectivity index (χ1n) is 7.08. The summed E-state index contributed by atoms with van der Waals surface area (Å²) in [6, 6.07) is 15.6. The second kappa shape index (κ2) is 10.1. The Labute approximate surface area is 135 Å². The van der Waals surface area contributed by atoms with Crippen molar-refractivity contribution in [2.24, 2.45) is 14.1 Å². The zero-order valence-electron chi connectivity index (χ0n) is 13.5. The summed E-state index contributed by atoms with van der Waals surface area (Å²) in [5.41, 5.74) is 1.28. The molecule has 0 saturated carbocycles. The molecule has 3 rings (SSSR count). The van der Waals surface area contributed by atoms with Gasteiger partial charge in [-0.25, -0.2) is 9.55 Å². The Morgan fingerprint density at radius 2 is 1.39 bits per heavy atom. The highest BCUT2D eigenvalue weighted by Crippen LogP contribution is 1.86. The molecule has 0 atom stereocenters. The van der Waals surface area contributed by atoms with Crippen molar-refractivity contribution in [2.45, 2.75) is 6.92 Å². The van der Waals surface area contributed by atoms with Gasteiger partial charge in [-0.1, -0.05) is 12.1 Å². The van der Waals surface area contributed by atoms with Crippen molar-refractivity contribution in [1.29, 1.82) is 0 Å². The molecular weight excluding hydrogens is 296 g/mol. The molecule has 0 amide bonds. The zero-order valence-corrected chi connectivity index (χ0v) is 13.5. The van der Waals surface area contributed by atoms with Crippen molar-refractivity contribution in [1.82, 2.24) is 4.98 Å². The number of pyridine rings is 3. The van der Waals surface area contributed by atoms with Crippen molar-refractivity contribution in [3.63, 3.8) is 0 Å². The van der Waals surface area contributed by atoms with Crippen molar-refractivity contribution in [3.05, 3.63) is 90.8 Å². The minimum atomic E-state index is -0.428. The van der Waals surface area contributed by atoms with Crippen LogP contribution in [0.25, 0.3) is 0 Å². The van der Waals surface area contributed by atoms with E-state index < -0.39 is 5.95 Å². The summed E-state index contributed by atoms with van der Waals surface area (Å²) in [6.45, 7) is 2.08. The Hall–Kier alpha value is -2.69. The smallest absolute Gasteiger partial charge is 0.228 e. The molecule has 0 aliphatic carbocycles. The normalized spacial score (nSPS) is 9.09. The van der Waals surface area contributed by atoms with E-state index in [0.29, 0.717) is 0 Å². The molecular formula is C18H21F2N3+2. The molecule has 0 bridgehead atoms. The number of aryl methyl sites for hydroxylation is 3. The molecule has 3 nitrogen and oxygen atoms in total. The van der Waals surface area contributed by atoms with Crippen LogP contribution in [0.15, 0.2) is 73.2 Å². The molecule has 120 valence electrons. The second-order valence-electron chi connectivity index (χ2n) is 4.74. The summed E-state index contributed by atoms with van der Waals surface area (Å²) in [6.07, 6.45) is 5.11. The SMILES string of the molecule is C[n+]1ccccc1F.Cc1cccc[n+]1C.Fc1ccccn1. The first-order valence-corrected chi connectivity index (χ1v) is 7.08. The topological polar surface area (TPSA) is 20.6 Å². The van der Waals surface area contributed by atoms with E-state index in [-0.39, 0.29) is 5.95 Å². The average Bonchev–Trinajstić information content (AvgIpc) is 2.55. The zero-order chi connectivity index (χ0) is 17.1. The third-order valence-corrected chi connectivity index (χ3v) is 2.93. The van der Waals surface area contributed by atoms with Gasteiger partial charge < -0.3 is 0 Å². The Balaban J connectivity index is 0.000000173. The van der Waals surface area contributed by atoms with Crippen LogP contribution in [0.4, 0.5) is 8.78 Å². The largest absolute Gasteiger partial charge is 0.359 e. The van der Waals surface area contributed by atoms with Crippen molar-refractivity contribution < 1.29 is 17.9 Å². The Bertz CT molecular complexity index is 618. The van der Waals surface area contributed by atoms with Gasteiger partial charge in [-0.05, 0) is 18.2 Å². The van der Waals surface area contributed by atoms with Gasteiger partial charge in [-0.15, -0.1) is 4.39 Å². The van der Waals surface area contributed by atoms with E-state index in [2.05, 4.69) is 22.5 Å². The van der Waals surface area contributed by atoms with E-state index in [1.165, 1.54) is 28.6 Å². The Kier molecular flexibility index (Phi) is 8.07. The molecule has 0 N–H and O–H groups in total. The summed E-state index contributed by atoms with van der Waals surface area (Å²) in [5.74, 6) is -0.644. The summed E-state index contributed by atoms with van der Waals surface area (Å²) in [5, 5.41) is 0. The highest BCUT2D eigenvalue weighted by atomic mass is 19.1. The van der Waals surface area contributed by atoms with Crippen LogP contribution in [-0.4, -0.2) is 4.98 Å². The van der Waals surface area contributed by atoms with Gasteiger partial charge in [0.05, 0.1) is 0 Å². The molecule has 0 aromatic carbocycles. The number of hydrogen-bond donors (Lipinski definition) is 0. The number of aromatic nitrogens is 3. The lowest BCUT2D eigenvalue weighted by Gasteiger charge is -1.87. The maximum atomic E-state index is 12.3. The van der Waals surface area contributed by atoms with Gasteiger partial charge in [0.15, 0.2) is 18.1 Å². The Morgan fingerprint density at radius 1 is 0.783 bits per heavy atom. The van der Waals surface area contributed by atoms with Crippen LogP contribution in [0.5, 0.6) is 0 Å². The fourth-order valence-electron chi connectivity index (χ4n) is 1.45. The predicted molar refractivity (Wildman–Crippen MR) is 84.1 cm³/mol. The van der Waals surface area contributed by atoms with Crippen LogP contribution in [-0.2, 0) is 14.1 Å². The molecule has 3 aromatic heterocycles. The number of rotatable bonds is 0. The second-order valence-corrected chi connectivity index (χ2v) is 4.74. The van der Waals surface area contributed by atoms with Crippen LogP contribution < -0.4 is 9.13 Å². The summed E-state index contributed by atoms with van der Waals surface area (Å²) in [4.78, 5) is 3.31. The monoisotopic (exact) mass is 317 g/mol. The maximum absolute atomic E-state index is 12.3. The van der Waals surface area contributed by atoms with Gasteiger partial charge >= 0.3 is 5.95 Å². The molecule has 0 radical (unpaired) electrons. The van der Waals surface area contributed by atoms with Crippen molar-refractivity contribution >= 4 is 0 Å². The fourth-order valence-corrected chi connectivity index (χ4v) is 1.45. The summed E-state index contributed by atoms with van der Waals surface area (Å²) in [7, 11) is 3.70. The summed E-state index contributed by atoms with van der Waals surface area (Å²) < 4.78 is 27.6. The highest BCUT2D eigenvalue weighted by molar-refractivity contribution is 4.93. The van der Waals surface area contributed by atoms with E-state index in [0.717, 1.165) is 0 Å². The third-order valence-electron chi connectivity index (χ3n) is 2.93. The van der Waals surface area contributed by atoms with Crippen LogP contribution in [0.2, 0.25) is 0 Å². The Morgan fingerprint density at radius 3 is 1.70 bits per heavy atom. The fraction of sp³-hybridized carbons (Fsp3) is 0.167. The van der Waals surface area contributed by atoms with Crippen molar-refractivity contribution in [3.8, 4) is 0 Å². The lowest BCUT2D eigenvalue weighted by atomic mass is 10.4. The molecule has 0 saturated heterocycles. The van der Waals surface area contributed by atoms with Gasteiger partial charge in [0.2, 0.25) is 5.95 Å². The van der Waals surface area contributed by atoms with Gasteiger partial charge in [0.1, 0.15) is 14.1 Å². The minimum Gasteiger partial charge on any atom is -0.228 e. The minimum absolute atomic E-state index is 0.215. The van der Waals surface area contributed by atoms with E-state index in [1.807, 2.05) is 25.4 Å². The van der Waals surface area contributed by atoms with Gasteiger partial charge in [0, 0.05) is 37.4 Å². The maximum Gasteiger partial charge on any atom is 0.359 e. The average molecular weight is 317 g/mol. The first kappa shape index (κ1) is 18.4. The third kappa shape index (κ3) is 7.76. The van der Waals surface area contributed by atoms with Crippen LogP contribution in [0.1, 0.15) is 5.69 Å². The predicted octanol–water partition coefficient (Wildman–Crippen LogP) is 2.69. The lowest BCUT2D eigenvalue weighted by Crippen LogP contribution is -2.31. The molecule has 0 aliphatic heterocycles. The first-order chi connectivity index (χ1) is 11.0. The van der Waals surface area contributed by atoms with E-state index in [1.54, 1.807) is 37.5 Å². The molecule has 0 aliphatic rings. The molecule has 23 heavy (non-hydrogen) atoms. The molecule has 3 aromatic rings. The van der Waals surface area contributed by atoms with Crippen LogP contribution in [0.3, 0.4) is 0 Å². The van der Waals surface area contributed by atoms with E-state index >= 15 is 0 Å². The standard InChI is InChI=1S/C7H10N.C6H7FN.C5H4FN/c1-7-5-3-4-6-8(7)2;1-8-5-3-2-4-6(8)7;6-5-3-1-2-4-7-5/h3-6H,1-2H3;2-5H,1H3;1-4H/q2*+1;. The lowest BCUT2D eigenvalue weighted by molar-refractivity contribution is -0.700. The number of nitrogens with zero attached hydrogens (tertiary/aromatic N) is 3.